The fourth-order valence-electron chi connectivity index (χ4n) is 2.52. The van der Waals surface area contributed by atoms with Gasteiger partial charge in [0.1, 0.15) is 12.4 Å². The Morgan fingerprint density at radius 2 is 2.13 bits per heavy atom. The van der Waals surface area contributed by atoms with Crippen LogP contribution >= 0.6 is 0 Å². The quantitative estimate of drug-likeness (QED) is 0.803. The van der Waals surface area contributed by atoms with E-state index in [1.807, 2.05) is 42.3 Å². The number of likely N-dealkylation sites (N-methyl/N-ethyl adjacent to an activating group) is 1. The number of furan rings is 1. The maximum absolute atomic E-state index is 10.0. The summed E-state index contributed by atoms with van der Waals surface area (Å²) in [6.07, 6.45) is 1.05. The van der Waals surface area contributed by atoms with Crippen molar-refractivity contribution < 1.29 is 23.7 Å². The van der Waals surface area contributed by atoms with Gasteiger partial charge in [-0.05, 0) is 36.9 Å². The van der Waals surface area contributed by atoms with Gasteiger partial charge in [0.2, 0.25) is 6.79 Å². The van der Waals surface area contributed by atoms with Gasteiger partial charge >= 0.3 is 0 Å². The summed E-state index contributed by atoms with van der Waals surface area (Å²) in [6.45, 7) is 2.15. The monoisotopic (exact) mass is 319 g/mol. The first kappa shape index (κ1) is 15.9. The van der Waals surface area contributed by atoms with Crippen molar-refractivity contribution in [1.82, 2.24) is 4.90 Å². The smallest absolute Gasteiger partial charge is 0.231 e. The van der Waals surface area contributed by atoms with Crippen LogP contribution in [0.25, 0.3) is 0 Å². The molecule has 6 nitrogen and oxygen atoms in total. The van der Waals surface area contributed by atoms with Crippen LogP contribution in [0.2, 0.25) is 0 Å². The number of hydrogen-bond acceptors (Lipinski definition) is 6. The molecule has 0 amide bonds. The van der Waals surface area contributed by atoms with Crippen LogP contribution < -0.4 is 9.47 Å². The number of aliphatic hydroxyl groups is 1. The van der Waals surface area contributed by atoms with Crippen molar-refractivity contribution >= 4 is 0 Å². The van der Waals surface area contributed by atoms with E-state index in [-0.39, 0.29) is 13.4 Å². The van der Waals surface area contributed by atoms with Gasteiger partial charge in [0.15, 0.2) is 11.5 Å². The minimum absolute atomic E-state index is 0.270. The lowest BCUT2D eigenvalue weighted by Crippen LogP contribution is -2.31. The van der Waals surface area contributed by atoms with E-state index in [4.69, 9.17) is 18.6 Å². The van der Waals surface area contributed by atoms with E-state index in [0.29, 0.717) is 19.7 Å². The molecule has 1 N–H and O–H groups in total. The third kappa shape index (κ3) is 4.48. The molecule has 124 valence electrons. The molecular formula is C17H21NO5. The van der Waals surface area contributed by atoms with E-state index in [0.717, 1.165) is 22.8 Å². The van der Waals surface area contributed by atoms with Crippen molar-refractivity contribution in [1.29, 1.82) is 0 Å². The van der Waals surface area contributed by atoms with Gasteiger partial charge in [-0.2, -0.15) is 0 Å². The van der Waals surface area contributed by atoms with E-state index in [2.05, 4.69) is 0 Å². The predicted octanol–water partition coefficient (Wildman–Crippen LogP) is 2.02. The average Bonchev–Trinajstić information content (AvgIpc) is 3.17. The van der Waals surface area contributed by atoms with Crippen LogP contribution in [0.3, 0.4) is 0 Å². The van der Waals surface area contributed by atoms with E-state index in [1.165, 1.54) is 0 Å². The van der Waals surface area contributed by atoms with Gasteiger partial charge in [0.25, 0.3) is 0 Å². The molecule has 0 unspecified atom stereocenters. The van der Waals surface area contributed by atoms with E-state index in [9.17, 15) is 5.11 Å². The Hall–Kier alpha value is -2.02. The normalized spacial score (nSPS) is 14.4. The lowest BCUT2D eigenvalue weighted by molar-refractivity contribution is 0.00768. The lowest BCUT2D eigenvalue weighted by Gasteiger charge is -2.20. The summed E-state index contributed by atoms with van der Waals surface area (Å²) >= 11 is 0. The molecule has 0 radical (unpaired) electrons. The van der Waals surface area contributed by atoms with Gasteiger partial charge in [-0.15, -0.1) is 0 Å². The topological polar surface area (TPSA) is 64.3 Å². The molecule has 2 aromatic rings. The second-order valence-electron chi connectivity index (χ2n) is 5.63. The van der Waals surface area contributed by atoms with Crippen LogP contribution in [0.1, 0.15) is 11.3 Å². The molecular weight excluding hydrogens is 298 g/mol. The molecule has 1 aliphatic rings. The van der Waals surface area contributed by atoms with Crippen molar-refractivity contribution in [2.24, 2.45) is 0 Å². The number of aliphatic hydroxyl groups excluding tert-OH is 1. The zero-order valence-electron chi connectivity index (χ0n) is 13.1. The van der Waals surface area contributed by atoms with Crippen LogP contribution in [-0.4, -0.2) is 43.1 Å². The van der Waals surface area contributed by atoms with Gasteiger partial charge in [-0.1, -0.05) is 6.07 Å². The number of fused-ring (bicyclic) bond motifs is 1. The lowest BCUT2D eigenvalue weighted by atomic mass is 10.2. The minimum atomic E-state index is -0.552. The SMILES string of the molecule is CN(Cc1ccc2c(c1)OCO2)C[C@H](O)COCc1ccco1. The highest BCUT2D eigenvalue weighted by Gasteiger charge is 2.15. The van der Waals surface area contributed by atoms with Crippen molar-refractivity contribution in [3.8, 4) is 11.5 Å². The van der Waals surface area contributed by atoms with Gasteiger partial charge in [-0.3, -0.25) is 4.90 Å². The molecule has 0 bridgehead atoms. The molecule has 0 saturated carbocycles. The molecule has 1 aromatic carbocycles. The zero-order chi connectivity index (χ0) is 16.1. The molecule has 0 aliphatic carbocycles. The number of nitrogens with zero attached hydrogens (tertiary/aromatic N) is 1. The second kappa shape index (κ2) is 7.50. The molecule has 6 heteroatoms. The summed E-state index contributed by atoms with van der Waals surface area (Å²) in [4.78, 5) is 2.04. The largest absolute Gasteiger partial charge is 0.467 e. The molecule has 1 aromatic heterocycles. The Morgan fingerprint density at radius 1 is 1.26 bits per heavy atom. The second-order valence-corrected chi connectivity index (χ2v) is 5.63. The van der Waals surface area contributed by atoms with Crippen LogP contribution in [0.15, 0.2) is 41.0 Å². The summed E-state index contributed by atoms with van der Waals surface area (Å²) in [7, 11) is 1.96. The summed E-state index contributed by atoms with van der Waals surface area (Å²) in [5.74, 6) is 2.31. The van der Waals surface area contributed by atoms with Gasteiger partial charge in [0.05, 0.1) is 19.0 Å². The number of benzene rings is 1. The summed E-state index contributed by atoms with van der Waals surface area (Å²) in [6, 6.07) is 9.54. The molecule has 0 fully saturated rings. The van der Waals surface area contributed by atoms with E-state index >= 15 is 0 Å². The number of hydrogen-bond donors (Lipinski definition) is 1. The summed E-state index contributed by atoms with van der Waals surface area (Å²) < 4.78 is 21.3. The molecule has 1 atom stereocenters. The fraction of sp³-hybridized carbons (Fsp3) is 0.412. The summed E-state index contributed by atoms with van der Waals surface area (Å²) in [5, 5.41) is 10.0. The van der Waals surface area contributed by atoms with Gasteiger partial charge < -0.3 is 23.7 Å². The van der Waals surface area contributed by atoms with Crippen LogP contribution in [0.5, 0.6) is 11.5 Å². The molecule has 0 spiro atoms. The average molecular weight is 319 g/mol. The Labute approximate surface area is 135 Å². The van der Waals surface area contributed by atoms with Crippen molar-refractivity contribution in [2.45, 2.75) is 19.3 Å². The standard InChI is InChI=1S/C17H21NO5/c1-18(8-13-4-5-16-17(7-13)23-12-22-16)9-14(19)10-20-11-15-3-2-6-21-15/h2-7,14,19H,8-12H2,1H3/t14-/m0/s1. The zero-order valence-corrected chi connectivity index (χ0v) is 13.1. The Bertz CT molecular complexity index is 613. The van der Waals surface area contributed by atoms with Crippen LogP contribution in [0.4, 0.5) is 0 Å². The molecule has 0 saturated heterocycles. The van der Waals surface area contributed by atoms with Crippen LogP contribution in [0, 0.1) is 0 Å². The highest BCUT2D eigenvalue weighted by Crippen LogP contribution is 2.32. The Morgan fingerprint density at radius 3 is 2.96 bits per heavy atom. The predicted molar refractivity (Wildman–Crippen MR) is 83.3 cm³/mol. The van der Waals surface area contributed by atoms with Gasteiger partial charge in [-0.25, -0.2) is 0 Å². The first-order valence-electron chi connectivity index (χ1n) is 7.56. The minimum Gasteiger partial charge on any atom is -0.467 e. The molecule has 1 aliphatic heterocycles. The number of ether oxygens (including phenoxy) is 3. The Balaban J connectivity index is 1.40. The third-order valence-corrected chi connectivity index (χ3v) is 3.55. The van der Waals surface area contributed by atoms with E-state index < -0.39 is 6.10 Å². The highest BCUT2D eigenvalue weighted by atomic mass is 16.7. The molecule has 23 heavy (non-hydrogen) atoms. The third-order valence-electron chi connectivity index (χ3n) is 3.55. The van der Waals surface area contributed by atoms with Gasteiger partial charge in [0, 0.05) is 13.1 Å². The number of rotatable bonds is 8. The molecule has 3 rings (SSSR count). The Kier molecular flexibility index (Phi) is 5.17. The van der Waals surface area contributed by atoms with Crippen molar-refractivity contribution in [2.75, 3.05) is 27.0 Å². The van der Waals surface area contributed by atoms with Crippen molar-refractivity contribution in [3.63, 3.8) is 0 Å². The molecule has 2 heterocycles. The fourth-order valence-corrected chi connectivity index (χ4v) is 2.52. The van der Waals surface area contributed by atoms with E-state index in [1.54, 1.807) is 6.26 Å². The highest BCUT2D eigenvalue weighted by molar-refractivity contribution is 5.44. The van der Waals surface area contributed by atoms with Crippen molar-refractivity contribution in [3.05, 3.63) is 47.9 Å². The summed E-state index contributed by atoms with van der Waals surface area (Å²) in [5.41, 5.74) is 1.11. The van der Waals surface area contributed by atoms with Crippen LogP contribution in [-0.2, 0) is 17.9 Å². The first-order chi connectivity index (χ1) is 11.2. The first-order valence-corrected chi connectivity index (χ1v) is 7.56. The maximum atomic E-state index is 10.0. The maximum Gasteiger partial charge on any atom is 0.231 e.